The third kappa shape index (κ3) is 12.8. The van der Waals surface area contributed by atoms with Gasteiger partial charge in [0, 0.05) is 6.54 Å². The van der Waals surface area contributed by atoms with Crippen molar-refractivity contribution < 1.29 is 44.1 Å². The summed E-state index contributed by atoms with van der Waals surface area (Å²) in [6.07, 6.45) is -1.56. The molecule has 35 heavy (non-hydrogen) atoms. The Labute approximate surface area is 200 Å². The van der Waals surface area contributed by atoms with Gasteiger partial charge < -0.3 is 48.5 Å². The van der Waals surface area contributed by atoms with Gasteiger partial charge in [-0.25, -0.2) is 4.79 Å². The Bertz CT molecular complexity index is 827. The van der Waals surface area contributed by atoms with E-state index in [2.05, 4.69) is 20.9 Å². The van der Waals surface area contributed by atoms with Gasteiger partial charge in [0.05, 0.1) is 18.9 Å². The summed E-state index contributed by atoms with van der Waals surface area (Å²) in [6, 6.07) is -5.87. The summed E-state index contributed by atoms with van der Waals surface area (Å²) in [5, 5.41) is 33.8. The van der Waals surface area contributed by atoms with Gasteiger partial charge in [-0.15, -0.1) is 0 Å². The minimum atomic E-state index is -1.70. The second-order valence-electron chi connectivity index (χ2n) is 7.94. The van der Waals surface area contributed by atoms with Gasteiger partial charge in [0.2, 0.25) is 17.7 Å². The average molecular weight is 504 g/mol. The third-order valence-corrected chi connectivity index (χ3v) is 4.55. The molecule has 0 aromatic rings. The molecule has 0 aliphatic carbocycles. The third-order valence-electron chi connectivity index (χ3n) is 4.55. The summed E-state index contributed by atoms with van der Waals surface area (Å²) in [5.74, 6) is -7.91. The number of nitrogens with zero attached hydrogens (tertiary/aromatic N) is 1. The summed E-state index contributed by atoms with van der Waals surface area (Å²) in [5.41, 5.74) is 15.9. The fraction of sp³-hybridized carbons (Fsp3) is 0.632. The standard InChI is InChI=1S/C19H33N7O9/c1-8(2)14(18(34)35)26-16(32)10(4-3-5-23-19(21)22)24-17(33)11(7-13(29)30)25-15(31)9(20)6-12(27)28/h8-11,14H,3-7,20H2,1-2H3,(H,24,33)(H,25,31)(H,26,32)(H,27,28)(H,29,30)(H,34,35)(H4,21,22,23). The van der Waals surface area contributed by atoms with Crippen molar-refractivity contribution in [2.45, 2.75) is 63.7 Å². The molecule has 16 nitrogen and oxygen atoms in total. The molecule has 12 N–H and O–H groups in total. The number of carbonyl (C=O) groups excluding carboxylic acids is 3. The molecule has 0 saturated carbocycles. The van der Waals surface area contributed by atoms with Crippen LogP contribution >= 0.6 is 0 Å². The topological polar surface area (TPSA) is 290 Å². The van der Waals surface area contributed by atoms with Gasteiger partial charge >= 0.3 is 17.9 Å². The van der Waals surface area contributed by atoms with E-state index >= 15 is 0 Å². The van der Waals surface area contributed by atoms with Gasteiger partial charge in [-0.05, 0) is 18.8 Å². The molecular weight excluding hydrogens is 470 g/mol. The summed E-state index contributed by atoms with van der Waals surface area (Å²) < 4.78 is 0. The van der Waals surface area contributed by atoms with Crippen LogP contribution in [0.3, 0.4) is 0 Å². The number of aliphatic imine (C=N–C) groups is 1. The van der Waals surface area contributed by atoms with Crippen LogP contribution in [0.5, 0.6) is 0 Å². The highest BCUT2D eigenvalue weighted by Gasteiger charge is 2.32. The van der Waals surface area contributed by atoms with Crippen LogP contribution < -0.4 is 33.2 Å². The molecule has 3 amide bonds. The molecule has 0 fully saturated rings. The number of carbonyl (C=O) groups is 6. The van der Waals surface area contributed by atoms with Crippen LogP contribution in [-0.2, 0) is 28.8 Å². The van der Waals surface area contributed by atoms with Crippen molar-refractivity contribution in [3.63, 3.8) is 0 Å². The number of carboxylic acids is 3. The Kier molecular flexibility index (Phi) is 13.4. The van der Waals surface area contributed by atoms with Crippen LogP contribution in [0.25, 0.3) is 0 Å². The highest BCUT2D eigenvalue weighted by atomic mass is 16.4. The lowest BCUT2D eigenvalue weighted by atomic mass is 10.0. The minimum absolute atomic E-state index is 0.0644. The molecule has 0 aliphatic rings. The Morgan fingerprint density at radius 1 is 0.800 bits per heavy atom. The van der Waals surface area contributed by atoms with Crippen LogP contribution in [0.15, 0.2) is 4.99 Å². The van der Waals surface area contributed by atoms with Gasteiger partial charge in [-0.1, -0.05) is 13.8 Å². The van der Waals surface area contributed by atoms with Crippen LogP contribution in [0.1, 0.15) is 39.5 Å². The fourth-order valence-electron chi connectivity index (χ4n) is 2.76. The average Bonchev–Trinajstić information content (AvgIpc) is 2.71. The van der Waals surface area contributed by atoms with E-state index in [-0.39, 0.29) is 25.3 Å². The van der Waals surface area contributed by atoms with Gasteiger partial charge in [-0.3, -0.25) is 29.0 Å². The molecule has 4 unspecified atom stereocenters. The van der Waals surface area contributed by atoms with E-state index in [4.69, 9.17) is 27.4 Å². The molecular formula is C19H33N7O9. The predicted octanol–water partition coefficient (Wildman–Crippen LogP) is -3.49. The zero-order chi connectivity index (χ0) is 27.3. The van der Waals surface area contributed by atoms with Gasteiger partial charge in [0.1, 0.15) is 18.1 Å². The number of amides is 3. The Morgan fingerprint density at radius 3 is 1.77 bits per heavy atom. The zero-order valence-corrected chi connectivity index (χ0v) is 19.4. The van der Waals surface area contributed by atoms with E-state index in [0.29, 0.717) is 0 Å². The SMILES string of the molecule is CC(C)C(NC(=O)C(CCCN=C(N)N)NC(=O)C(CC(=O)O)NC(=O)C(N)CC(=O)O)C(=O)O. The van der Waals surface area contributed by atoms with Crippen LogP contribution in [0.2, 0.25) is 0 Å². The number of nitrogens with two attached hydrogens (primary N) is 3. The minimum Gasteiger partial charge on any atom is -0.481 e. The molecule has 0 aliphatic heterocycles. The van der Waals surface area contributed by atoms with Gasteiger partial charge in [0.15, 0.2) is 5.96 Å². The number of guanidine groups is 1. The molecule has 0 spiro atoms. The van der Waals surface area contributed by atoms with Crippen LogP contribution in [-0.4, -0.2) is 87.6 Å². The highest BCUT2D eigenvalue weighted by Crippen LogP contribution is 2.06. The molecule has 0 bridgehead atoms. The van der Waals surface area contributed by atoms with E-state index < -0.39 is 78.6 Å². The first-order valence-corrected chi connectivity index (χ1v) is 10.5. The summed E-state index contributed by atoms with van der Waals surface area (Å²) in [7, 11) is 0. The maximum absolute atomic E-state index is 12.8. The summed E-state index contributed by atoms with van der Waals surface area (Å²) >= 11 is 0. The first-order chi connectivity index (χ1) is 16.1. The molecule has 0 aromatic heterocycles. The van der Waals surface area contributed by atoms with E-state index in [1.165, 1.54) is 0 Å². The Morgan fingerprint density at radius 2 is 1.31 bits per heavy atom. The normalized spacial score (nSPS) is 14.1. The number of nitrogens with one attached hydrogen (secondary N) is 3. The van der Waals surface area contributed by atoms with Gasteiger partial charge in [-0.2, -0.15) is 0 Å². The van der Waals surface area contributed by atoms with Crippen LogP contribution in [0, 0.1) is 5.92 Å². The lowest BCUT2D eigenvalue weighted by Gasteiger charge is -2.25. The van der Waals surface area contributed by atoms with Crippen molar-refractivity contribution in [2.24, 2.45) is 28.1 Å². The predicted molar refractivity (Wildman–Crippen MR) is 121 cm³/mol. The molecule has 0 heterocycles. The number of aliphatic carboxylic acids is 3. The van der Waals surface area contributed by atoms with Crippen molar-refractivity contribution >= 4 is 41.6 Å². The molecule has 198 valence electrons. The Balaban J connectivity index is 5.65. The molecule has 0 saturated heterocycles. The van der Waals surface area contributed by atoms with Crippen molar-refractivity contribution in [2.75, 3.05) is 6.54 Å². The van der Waals surface area contributed by atoms with E-state index in [0.717, 1.165) is 0 Å². The molecule has 0 rings (SSSR count). The lowest BCUT2D eigenvalue weighted by molar-refractivity contribution is -0.144. The lowest BCUT2D eigenvalue weighted by Crippen LogP contribution is -2.58. The maximum atomic E-state index is 12.8. The zero-order valence-electron chi connectivity index (χ0n) is 19.4. The molecule has 0 aromatic carbocycles. The van der Waals surface area contributed by atoms with E-state index in [1.807, 2.05) is 0 Å². The number of hydrogen-bond donors (Lipinski definition) is 9. The summed E-state index contributed by atoms with van der Waals surface area (Å²) in [4.78, 5) is 74.7. The molecule has 4 atom stereocenters. The second kappa shape index (κ2) is 15.0. The monoisotopic (exact) mass is 503 g/mol. The smallest absolute Gasteiger partial charge is 0.326 e. The number of rotatable bonds is 16. The molecule has 0 radical (unpaired) electrons. The first-order valence-electron chi connectivity index (χ1n) is 10.5. The van der Waals surface area contributed by atoms with E-state index in [9.17, 15) is 33.9 Å². The summed E-state index contributed by atoms with van der Waals surface area (Å²) in [6.45, 7) is 3.20. The van der Waals surface area contributed by atoms with Crippen molar-refractivity contribution in [1.29, 1.82) is 0 Å². The van der Waals surface area contributed by atoms with Gasteiger partial charge in [0.25, 0.3) is 0 Å². The first kappa shape index (κ1) is 31.0. The molecule has 16 heteroatoms. The van der Waals surface area contributed by atoms with Crippen LogP contribution in [0.4, 0.5) is 0 Å². The number of carboxylic acid groups (broad SMARTS) is 3. The van der Waals surface area contributed by atoms with Crippen molar-refractivity contribution in [3.8, 4) is 0 Å². The van der Waals surface area contributed by atoms with Crippen molar-refractivity contribution in [1.82, 2.24) is 16.0 Å². The largest absolute Gasteiger partial charge is 0.481 e. The fourth-order valence-corrected chi connectivity index (χ4v) is 2.76. The Hall–Kier alpha value is -3.95. The highest BCUT2D eigenvalue weighted by molar-refractivity contribution is 5.96. The maximum Gasteiger partial charge on any atom is 0.326 e. The number of hydrogen-bond acceptors (Lipinski definition) is 8. The van der Waals surface area contributed by atoms with Crippen molar-refractivity contribution in [3.05, 3.63) is 0 Å². The van der Waals surface area contributed by atoms with E-state index in [1.54, 1.807) is 13.8 Å². The second-order valence-corrected chi connectivity index (χ2v) is 7.94. The quantitative estimate of drug-likeness (QED) is 0.0563.